The topological polar surface area (TPSA) is 90.5 Å². The number of hydrogen-bond donors (Lipinski definition) is 3. The van der Waals surface area contributed by atoms with Crippen LogP contribution in [0.5, 0.6) is 0 Å². The van der Waals surface area contributed by atoms with Crippen LogP contribution in [-0.4, -0.2) is 47.8 Å². The molecule has 7 heteroatoms. The Hall–Kier alpha value is -3.03. The van der Waals surface area contributed by atoms with Gasteiger partial charge in [0.2, 0.25) is 11.8 Å². The van der Waals surface area contributed by atoms with Crippen molar-refractivity contribution in [1.82, 2.24) is 20.9 Å². The number of carbonyl (C=O) groups excluding carboxylic acids is 3. The molecule has 0 aromatic heterocycles. The first-order valence-corrected chi connectivity index (χ1v) is 10.9. The SMILES string of the molecule is O=C1CCC(N2Cc3ccc(CN[C@@H]4CNC[C@H]4c4ccccc4)cc3C2=O)C(=O)N1. The van der Waals surface area contributed by atoms with E-state index in [0.29, 0.717) is 37.0 Å². The fraction of sp³-hybridized carbons (Fsp3) is 0.375. The maximum atomic E-state index is 13.0. The Balaban J connectivity index is 1.26. The third kappa shape index (κ3) is 3.86. The minimum absolute atomic E-state index is 0.129. The molecule has 2 aromatic carbocycles. The Morgan fingerprint density at radius 2 is 1.87 bits per heavy atom. The first-order valence-electron chi connectivity index (χ1n) is 10.9. The van der Waals surface area contributed by atoms with Gasteiger partial charge in [0.15, 0.2) is 0 Å². The van der Waals surface area contributed by atoms with Crippen molar-refractivity contribution in [2.45, 2.75) is 43.9 Å². The lowest BCUT2D eigenvalue weighted by molar-refractivity contribution is -0.136. The van der Waals surface area contributed by atoms with Crippen molar-refractivity contribution < 1.29 is 14.4 Å². The molecule has 1 unspecified atom stereocenters. The summed E-state index contributed by atoms with van der Waals surface area (Å²) >= 11 is 0. The highest BCUT2D eigenvalue weighted by Gasteiger charge is 2.39. The largest absolute Gasteiger partial charge is 0.322 e. The molecule has 3 atom stereocenters. The summed E-state index contributed by atoms with van der Waals surface area (Å²) in [5.74, 6) is -0.356. The Kier molecular flexibility index (Phi) is 5.29. The summed E-state index contributed by atoms with van der Waals surface area (Å²) in [6.45, 7) is 2.95. The highest BCUT2D eigenvalue weighted by molar-refractivity contribution is 6.05. The Morgan fingerprint density at radius 3 is 2.68 bits per heavy atom. The van der Waals surface area contributed by atoms with Crippen molar-refractivity contribution in [2.75, 3.05) is 13.1 Å². The van der Waals surface area contributed by atoms with Gasteiger partial charge in [-0.15, -0.1) is 0 Å². The van der Waals surface area contributed by atoms with Gasteiger partial charge in [-0.3, -0.25) is 19.7 Å². The molecule has 0 saturated carbocycles. The maximum absolute atomic E-state index is 13.0. The number of imide groups is 1. The number of benzene rings is 2. The number of hydrogen-bond acceptors (Lipinski definition) is 5. The fourth-order valence-corrected chi connectivity index (χ4v) is 4.90. The van der Waals surface area contributed by atoms with Gasteiger partial charge in [-0.2, -0.15) is 0 Å². The van der Waals surface area contributed by atoms with Crippen LogP contribution < -0.4 is 16.0 Å². The van der Waals surface area contributed by atoms with E-state index >= 15 is 0 Å². The minimum Gasteiger partial charge on any atom is -0.322 e. The van der Waals surface area contributed by atoms with Crippen molar-refractivity contribution in [3.05, 3.63) is 70.8 Å². The Labute approximate surface area is 181 Å². The average molecular weight is 418 g/mol. The summed E-state index contributed by atoms with van der Waals surface area (Å²) in [4.78, 5) is 38.2. The molecule has 2 fully saturated rings. The Bertz CT molecular complexity index is 1020. The number of rotatable bonds is 5. The van der Waals surface area contributed by atoms with E-state index in [2.05, 4.69) is 40.2 Å². The van der Waals surface area contributed by atoms with Crippen molar-refractivity contribution in [3.63, 3.8) is 0 Å². The average Bonchev–Trinajstić information content (AvgIpc) is 3.38. The molecule has 31 heavy (non-hydrogen) atoms. The smallest absolute Gasteiger partial charge is 0.255 e. The van der Waals surface area contributed by atoms with Crippen molar-refractivity contribution in [3.8, 4) is 0 Å². The molecule has 0 radical (unpaired) electrons. The van der Waals surface area contributed by atoms with Crippen LogP contribution in [0.3, 0.4) is 0 Å². The summed E-state index contributed by atoms with van der Waals surface area (Å²) in [7, 11) is 0. The van der Waals surface area contributed by atoms with Gasteiger partial charge in [0.1, 0.15) is 6.04 Å². The number of amides is 3. The van der Waals surface area contributed by atoms with E-state index in [9.17, 15) is 14.4 Å². The molecular weight excluding hydrogens is 392 g/mol. The molecule has 7 nitrogen and oxygen atoms in total. The number of fused-ring (bicyclic) bond motifs is 1. The second-order valence-corrected chi connectivity index (χ2v) is 8.55. The third-order valence-electron chi connectivity index (χ3n) is 6.60. The summed E-state index contributed by atoms with van der Waals surface area (Å²) < 4.78 is 0. The van der Waals surface area contributed by atoms with E-state index in [4.69, 9.17) is 0 Å². The van der Waals surface area contributed by atoms with E-state index < -0.39 is 6.04 Å². The second kappa shape index (κ2) is 8.24. The summed E-state index contributed by atoms with van der Waals surface area (Å²) in [5.41, 5.74) is 3.97. The van der Waals surface area contributed by atoms with Gasteiger partial charge in [0.05, 0.1) is 0 Å². The van der Waals surface area contributed by atoms with Crippen molar-refractivity contribution in [1.29, 1.82) is 0 Å². The molecule has 160 valence electrons. The predicted molar refractivity (Wildman–Crippen MR) is 115 cm³/mol. The van der Waals surface area contributed by atoms with E-state index in [1.165, 1.54) is 5.56 Å². The van der Waals surface area contributed by atoms with Crippen LogP contribution in [0.1, 0.15) is 45.8 Å². The molecular formula is C24H26N4O3. The highest BCUT2D eigenvalue weighted by Crippen LogP contribution is 2.28. The first-order chi connectivity index (χ1) is 15.1. The number of nitrogens with zero attached hydrogens (tertiary/aromatic N) is 1. The van der Waals surface area contributed by atoms with Crippen LogP contribution >= 0.6 is 0 Å². The lowest BCUT2D eigenvalue weighted by Gasteiger charge is -2.29. The van der Waals surface area contributed by atoms with Crippen LogP contribution in [-0.2, 0) is 22.7 Å². The normalized spacial score (nSPS) is 25.6. The van der Waals surface area contributed by atoms with Crippen LogP contribution in [0.15, 0.2) is 48.5 Å². The van der Waals surface area contributed by atoms with Crippen molar-refractivity contribution in [2.24, 2.45) is 0 Å². The standard InChI is InChI=1S/C24H26N4O3/c29-22-9-8-21(23(30)27-22)28-14-17-7-6-15(10-18(17)24(28)31)11-26-20-13-25-12-19(20)16-4-2-1-3-5-16/h1-7,10,19-21,25-26H,8-9,11-14H2,(H,27,29,30)/t19-,20+,21?/m0/s1. The van der Waals surface area contributed by atoms with Gasteiger partial charge in [0, 0.05) is 50.1 Å². The monoisotopic (exact) mass is 418 g/mol. The first kappa shape index (κ1) is 19.9. The van der Waals surface area contributed by atoms with E-state index in [1.807, 2.05) is 24.3 Å². The Morgan fingerprint density at radius 1 is 1.03 bits per heavy atom. The summed E-state index contributed by atoms with van der Waals surface area (Å²) in [5, 5.41) is 9.47. The molecule has 3 N–H and O–H groups in total. The lowest BCUT2D eigenvalue weighted by atomic mass is 9.94. The maximum Gasteiger partial charge on any atom is 0.255 e. The van der Waals surface area contributed by atoms with Gasteiger partial charge in [-0.1, -0.05) is 42.5 Å². The predicted octanol–water partition coefficient (Wildman–Crippen LogP) is 1.29. The summed E-state index contributed by atoms with van der Waals surface area (Å²) in [6.07, 6.45) is 0.651. The zero-order valence-electron chi connectivity index (χ0n) is 17.3. The highest BCUT2D eigenvalue weighted by atomic mass is 16.2. The zero-order chi connectivity index (χ0) is 21.4. The van der Waals surface area contributed by atoms with Crippen LogP contribution in [0, 0.1) is 0 Å². The zero-order valence-corrected chi connectivity index (χ0v) is 17.3. The van der Waals surface area contributed by atoms with Crippen molar-refractivity contribution >= 4 is 17.7 Å². The molecule has 3 aliphatic heterocycles. The van der Waals surface area contributed by atoms with Crippen LogP contribution in [0.25, 0.3) is 0 Å². The van der Waals surface area contributed by atoms with Gasteiger partial charge in [-0.25, -0.2) is 0 Å². The van der Waals surface area contributed by atoms with E-state index in [1.54, 1.807) is 4.90 Å². The molecule has 2 aromatic rings. The molecule has 2 saturated heterocycles. The molecule has 3 aliphatic rings. The number of piperidine rings is 1. The third-order valence-corrected chi connectivity index (χ3v) is 6.60. The van der Waals surface area contributed by atoms with Gasteiger partial charge in [-0.05, 0) is 29.2 Å². The van der Waals surface area contributed by atoms with E-state index in [0.717, 1.165) is 24.2 Å². The molecule has 0 bridgehead atoms. The second-order valence-electron chi connectivity index (χ2n) is 8.55. The molecule has 3 amide bonds. The molecule has 5 rings (SSSR count). The number of carbonyl (C=O) groups is 3. The molecule has 0 aliphatic carbocycles. The molecule has 0 spiro atoms. The summed E-state index contributed by atoms with van der Waals surface area (Å²) in [6, 6.07) is 16.3. The van der Waals surface area contributed by atoms with Crippen LogP contribution in [0.2, 0.25) is 0 Å². The quantitative estimate of drug-likeness (QED) is 0.637. The van der Waals surface area contributed by atoms with E-state index in [-0.39, 0.29) is 24.1 Å². The fourth-order valence-electron chi connectivity index (χ4n) is 4.90. The van der Waals surface area contributed by atoms with Gasteiger partial charge in [0.25, 0.3) is 5.91 Å². The molecule has 3 heterocycles. The number of nitrogens with one attached hydrogen (secondary N) is 3. The van der Waals surface area contributed by atoms with Crippen LogP contribution in [0.4, 0.5) is 0 Å². The van der Waals surface area contributed by atoms with Gasteiger partial charge >= 0.3 is 0 Å². The minimum atomic E-state index is -0.574. The van der Waals surface area contributed by atoms with Gasteiger partial charge < -0.3 is 15.5 Å². The lowest BCUT2D eigenvalue weighted by Crippen LogP contribution is -2.52.